The van der Waals surface area contributed by atoms with Crippen molar-refractivity contribution in [2.24, 2.45) is 11.8 Å². The lowest BCUT2D eigenvalue weighted by atomic mass is 9.99. The van der Waals surface area contributed by atoms with Gasteiger partial charge in [-0.05, 0) is 47.7 Å². The van der Waals surface area contributed by atoms with Gasteiger partial charge in [-0.2, -0.15) is 4.98 Å². The van der Waals surface area contributed by atoms with Crippen LogP contribution >= 0.6 is 0 Å². The zero-order valence-corrected chi connectivity index (χ0v) is 21.7. The average molecular weight is 468 g/mol. The van der Waals surface area contributed by atoms with Crippen molar-refractivity contribution < 1.29 is 9.22 Å². The lowest BCUT2D eigenvalue weighted by molar-refractivity contribution is -0.105. The van der Waals surface area contributed by atoms with Gasteiger partial charge in [-0.1, -0.05) is 64.1 Å². The van der Waals surface area contributed by atoms with E-state index in [1.165, 1.54) is 0 Å². The number of rotatable bonds is 10. The summed E-state index contributed by atoms with van der Waals surface area (Å²) in [6, 6.07) is 11.6. The molecule has 0 saturated heterocycles. The first-order valence-electron chi connectivity index (χ1n) is 11.7. The molecule has 0 unspecified atom stereocenters. The van der Waals surface area contributed by atoms with Gasteiger partial charge in [-0.3, -0.25) is 9.36 Å². The van der Waals surface area contributed by atoms with E-state index in [9.17, 15) is 9.59 Å². The molecule has 0 fully saturated rings. The molecule has 1 aromatic heterocycles. The molecule has 1 aromatic carbocycles. The van der Waals surface area contributed by atoms with E-state index in [2.05, 4.69) is 51.1 Å². The molecule has 33 heavy (non-hydrogen) atoms. The van der Waals surface area contributed by atoms with Gasteiger partial charge < -0.3 is 9.74 Å². The van der Waals surface area contributed by atoms with Gasteiger partial charge >= 0.3 is 5.69 Å². The zero-order chi connectivity index (χ0) is 24.2. The van der Waals surface area contributed by atoms with E-state index < -0.39 is 8.32 Å². The summed E-state index contributed by atoms with van der Waals surface area (Å²) in [5, 5.41) is 3.31. The molecular formula is C26H37N3O3Si. The van der Waals surface area contributed by atoms with E-state index in [0.29, 0.717) is 36.9 Å². The average Bonchev–Trinajstić information content (AvgIpc) is 3.20. The van der Waals surface area contributed by atoms with E-state index >= 15 is 0 Å². The number of allylic oxidation sites excluding steroid dienone is 1. The van der Waals surface area contributed by atoms with Gasteiger partial charge in [0.1, 0.15) is 12.1 Å². The summed E-state index contributed by atoms with van der Waals surface area (Å²) >= 11 is 0. The van der Waals surface area contributed by atoms with Crippen LogP contribution in [0.1, 0.15) is 45.7 Å². The second-order valence-electron chi connectivity index (χ2n) is 10.3. The molecule has 6 nitrogen and oxygen atoms in total. The van der Waals surface area contributed by atoms with Crippen LogP contribution in [0, 0.1) is 11.8 Å². The molecule has 1 N–H and O–H groups in total. The first-order chi connectivity index (χ1) is 15.5. The Hall–Kier alpha value is -2.51. The molecule has 0 saturated carbocycles. The largest absolute Gasteiger partial charge is 0.416 e. The van der Waals surface area contributed by atoms with Crippen molar-refractivity contribution in [1.29, 1.82) is 0 Å². The van der Waals surface area contributed by atoms with Crippen LogP contribution in [-0.4, -0.2) is 30.8 Å². The molecular weight excluding hydrogens is 430 g/mol. The third kappa shape index (κ3) is 5.71. The number of aldehydes is 1. The lowest BCUT2D eigenvalue weighted by Crippen LogP contribution is -2.46. The van der Waals surface area contributed by atoms with Crippen LogP contribution in [-0.2, 0) is 15.8 Å². The summed E-state index contributed by atoms with van der Waals surface area (Å²) in [4.78, 5) is 28.7. The van der Waals surface area contributed by atoms with Gasteiger partial charge in [0.15, 0.2) is 8.32 Å². The molecule has 2 atom stereocenters. The normalized spacial score (nSPS) is 18.9. The van der Waals surface area contributed by atoms with E-state index in [1.54, 1.807) is 10.8 Å². The predicted octanol–water partition coefficient (Wildman–Crippen LogP) is 5.20. The van der Waals surface area contributed by atoms with Gasteiger partial charge in [0.05, 0.1) is 6.04 Å². The highest BCUT2D eigenvalue weighted by Gasteiger charge is 2.44. The SMILES string of the molecule is CC(C)C(C)(C)[Si](C)(C)OC[C@@H]1C[C@H](n2ccc(NCc3ccccc3)nc2=O)C=C1C=O. The topological polar surface area (TPSA) is 73.2 Å². The first kappa shape index (κ1) is 25.1. The molecule has 1 heterocycles. The number of benzene rings is 1. The molecule has 1 aliphatic rings. The van der Waals surface area contributed by atoms with E-state index in [-0.39, 0.29) is 22.7 Å². The molecule has 1 aliphatic carbocycles. The monoisotopic (exact) mass is 467 g/mol. The van der Waals surface area contributed by atoms with Crippen molar-refractivity contribution in [3.8, 4) is 0 Å². The Bertz CT molecular complexity index is 1040. The third-order valence-corrected chi connectivity index (χ3v) is 12.2. The second kappa shape index (κ2) is 10.2. The number of carbonyl (C=O) groups is 1. The Morgan fingerprint density at radius 2 is 1.94 bits per heavy atom. The number of hydrogen-bond donors (Lipinski definition) is 1. The van der Waals surface area contributed by atoms with Gasteiger partial charge in [-0.25, -0.2) is 4.79 Å². The molecule has 3 rings (SSSR count). The number of carbonyl (C=O) groups excluding carboxylic acids is 1. The fraction of sp³-hybridized carbons (Fsp3) is 0.500. The lowest BCUT2D eigenvalue weighted by Gasteiger charge is -2.43. The molecule has 0 amide bonds. The zero-order valence-electron chi connectivity index (χ0n) is 20.7. The number of nitrogens with zero attached hydrogens (tertiary/aromatic N) is 2. The van der Waals surface area contributed by atoms with Crippen molar-refractivity contribution in [3.63, 3.8) is 0 Å². The van der Waals surface area contributed by atoms with Crippen LogP contribution in [0.3, 0.4) is 0 Å². The molecule has 0 spiro atoms. The Kier molecular flexibility index (Phi) is 7.75. The minimum atomic E-state index is -1.99. The Morgan fingerprint density at radius 1 is 1.24 bits per heavy atom. The summed E-state index contributed by atoms with van der Waals surface area (Å²) in [6.07, 6.45) is 5.23. The van der Waals surface area contributed by atoms with Crippen molar-refractivity contribution in [1.82, 2.24) is 9.55 Å². The maximum absolute atomic E-state index is 12.7. The van der Waals surface area contributed by atoms with E-state index in [1.807, 2.05) is 42.5 Å². The van der Waals surface area contributed by atoms with Gasteiger partial charge in [0, 0.05) is 25.3 Å². The fourth-order valence-electron chi connectivity index (χ4n) is 4.09. The quantitative estimate of drug-likeness (QED) is 0.384. The Morgan fingerprint density at radius 3 is 2.55 bits per heavy atom. The second-order valence-corrected chi connectivity index (χ2v) is 14.9. The van der Waals surface area contributed by atoms with Crippen molar-refractivity contribution in [2.45, 2.75) is 64.8 Å². The van der Waals surface area contributed by atoms with E-state index in [4.69, 9.17) is 4.43 Å². The van der Waals surface area contributed by atoms with Crippen molar-refractivity contribution in [2.75, 3.05) is 11.9 Å². The molecule has 0 bridgehead atoms. The maximum Gasteiger partial charge on any atom is 0.350 e. The van der Waals surface area contributed by atoms with Crippen LogP contribution in [0.25, 0.3) is 0 Å². The number of anilines is 1. The number of nitrogens with one attached hydrogen (secondary N) is 1. The molecule has 178 valence electrons. The minimum absolute atomic E-state index is 0.00924. The number of hydrogen-bond acceptors (Lipinski definition) is 5. The molecule has 2 aromatic rings. The van der Waals surface area contributed by atoms with Crippen LogP contribution < -0.4 is 11.0 Å². The predicted molar refractivity (Wildman–Crippen MR) is 136 cm³/mol. The smallest absolute Gasteiger partial charge is 0.350 e. The minimum Gasteiger partial charge on any atom is -0.416 e. The van der Waals surface area contributed by atoms with Gasteiger partial charge in [0.25, 0.3) is 0 Å². The highest BCUT2D eigenvalue weighted by atomic mass is 28.4. The van der Waals surface area contributed by atoms with Crippen LogP contribution in [0.15, 0.2) is 59.0 Å². The van der Waals surface area contributed by atoms with Gasteiger partial charge in [-0.15, -0.1) is 0 Å². The summed E-state index contributed by atoms with van der Waals surface area (Å²) < 4.78 is 8.11. The molecule has 7 heteroatoms. The standard InChI is InChI=1S/C26H37N3O3Si/c1-19(2)26(3,4)33(5,6)32-18-22-15-23(14-21(22)17-30)29-13-12-24(28-25(29)31)27-16-20-10-8-7-9-11-20/h7-14,17,19,22-23H,15-16,18H2,1-6H3,(H,27,28,31)/t22-,23+/m0/s1. The Balaban J connectivity index is 1.66. The van der Waals surface area contributed by atoms with Crippen molar-refractivity contribution in [3.05, 3.63) is 70.3 Å². The third-order valence-electron chi connectivity index (χ3n) is 7.66. The van der Waals surface area contributed by atoms with E-state index in [0.717, 1.165) is 11.8 Å². The van der Waals surface area contributed by atoms with Gasteiger partial charge in [0.2, 0.25) is 0 Å². The summed E-state index contributed by atoms with van der Waals surface area (Å²) in [5.74, 6) is 1.04. The van der Waals surface area contributed by atoms with Crippen LogP contribution in [0.4, 0.5) is 5.82 Å². The maximum atomic E-state index is 12.7. The summed E-state index contributed by atoms with van der Waals surface area (Å²) in [5.41, 5.74) is 1.51. The summed E-state index contributed by atoms with van der Waals surface area (Å²) in [7, 11) is -1.99. The highest BCUT2D eigenvalue weighted by molar-refractivity contribution is 6.74. The van der Waals surface area contributed by atoms with Crippen LogP contribution in [0.5, 0.6) is 0 Å². The molecule has 0 radical (unpaired) electrons. The fourth-order valence-corrected chi connectivity index (χ4v) is 6.47. The highest BCUT2D eigenvalue weighted by Crippen LogP contribution is 2.45. The molecule has 0 aliphatic heterocycles. The summed E-state index contributed by atoms with van der Waals surface area (Å²) in [6.45, 7) is 14.6. The van der Waals surface area contributed by atoms with Crippen molar-refractivity contribution >= 4 is 20.4 Å². The first-order valence-corrected chi connectivity index (χ1v) is 14.6. The number of aromatic nitrogens is 2. The Labute approximate surface area is 198 Å². The van der Waals surface area contributed by atoms with Crippen LogP contribution in [0.2, 0.25) is 18.1 Å².